The number of hydrogen-bond donors (Lipinski definition) is 0. The van der Waals surface area contributed by atoms with Gasteiger partial charge in [-0.15, -0.1) is 0 Å². The fourth-order valence-corrected chi connectivity index (χ4v) is 9.33. The summed E-state index contributed by atoms with van der Waals surface area (Å²) in [7, 11) is 0. The SMILES string of the molecule is CCCCCCCCCCCCCCCCCCCCCC(=O)O[C@@H](COC(=O)CCCCCCCCCCCCCCCC)COC(=O)CCCCCCCCCCCCCCCCC. The second-order valence-electron chi connectivity index (χ2n) is 20.6. The van der Waals surface area contributed by atoms with Gasteiger partial charge in [0, 0.05) is 19.3 Å². The molecule has 0 unspecified atom stereocenters. The van der Waals surface area contributed by atoms with Crippen LogP contribution in [0.15, 0.2) is 0 Å². The molecule has 0 rings (SSSR count). The number of rotatable bonds is 56. The van der Waals surface area contributed by atoms with Crippen LogP contribution in [-0.4, -0.2) is 37.2 Å². The first-order valence-corrected chi connectivity index (χ1v) is 30.0. The van der Waals surface area contributed by atoms with E-state index in [0.29, 0.717) is 19.3 Å². The molecule has 0 N–H and O–H groups in total. The van der Waals surface area contributed by atoms with E-state index in [1.165, 1.54) is 250 Å². The van der Waals surface area contributed by atoms with Crippen molar-refractivity contribution in [2.24, 2.45) is 0 Å². The Morgan fingerprint density at radius 1 is 0.242 bits per heavy atom. The lowest BCUT2D eigenvalue weighted by atomic mass is 10.0. The minimum Gasteiger partial charge on any atom is -0.462 e. The Bertz CT molecular complexity index is 982. The zero-order valence-electron chi connectivity index (χ0n) is 45.0. The van der Waals surface area contributed by atoms with Crippen molar-refractivity contribution >= 4 is 17.9 Å². The predicted molar refractivity (Wildman–Crippen MR) is 284 cm³/mol. The van der Waals surface area contributed by atoms with Crippen LogP contribution in [0.5, 0.6) is 0 Å². The van der Waals surface area contributed by atoms with Crippen molar-refractivity contribution < 1.29 is 28.6 Å². The molecule has 0 fully saturated rings. The van der Waals surface area contributed by atoms with Gasteiger partial charge in [-0.3, -0.25) is 14.4 Å². The summed E-state index contributed by atoms with van der Waals surface area (Å²) in [5.74, 6) is -0.829. The number of carbonyl (C=O) groups is 3. The van der Waals surface area contributed by atoms with Crippen LogP contribution in [0.1, 0.15) is 348 Å². The Hall–Kier alpha value is -1.59. The molecule has 0 saturated carbocycles. The van der Waals surface area contributed by atoms with Crippen LogP contribution < -0.4 is 0 Å². The average molecular weight is 934 g/mol. The van der Waals surface area contributed by atoms with Gasteiger partial charge in [0.15, 0.2) is 6.10 Å². The minimum absolute atomic E-state index is 0.0609. The monoisotopic (exact) mass is 933 g/mol. The van der Waals surface area contributed by atoms with Crippen LogP contribution in [0.3, 0.4) is 0 Å². The van der Waals surface area contributed by atoms with Crippen molar-refractivity contribution in [1.29, 1.82) is 0 Å². The van der Waals surface area contributed by atoms with Crippen molar-refractivity contribution in [1.82, 2.24) is 0 Å². The molecule has 392 valence electrons. The Kier molecular flexibility index (Phi) is 54.7. The van der Waals surface area contributed by atoms with Gasteiger partial charge in [0.25, 0.3) is 0 Å². The summed E-state index contributed by atoms with van der Waals surface area (Å²) < 4.78 is 16.9. The highest BCUT2D eigenvalue weighted by atomic mass is 16.6. The molecule has 0 aliphatic heterocycles. The zero-order chi connectivity index (χ0) is 47.9. The van der Waals surface area contributed by atoms with E-state index in [0.717, 1.165) is 57.8 Å². The molecule has 0 aliphatic rings. The molecule has 0 aliphatic carbocycles. The Morgan fingerprint density at radius 3 is 0.606 bits per heavy atom. The van der Waals surface area contributed by atoms with Crippen molar-refractivity contribution in [3.63, 3.8) is 0 Å². The molecule has 0 aromatic heterocycles. The third-order valence-corrected chi connectivity index (χ3v) is 13.9. The van der Waals surface area contributed by atoms with Crippen LogP contribution in [0.4, 0.5) is 0 Å². The molecule has 0 radical (unpaired) electrons. The highest BCUT2D eigenvalue weighted by Gasteiger charge is 2.19. The van der Waals surface area contributed by atoms with Crippen molar-refractivity contribution in [3.8, 4) is 0 Å². The van der Waals surface area contributed by atoms with Gasteiger partial charge >= 0.3 is 17.9 Å². The van der Waals surface area contributed by atoms with Gasteiger partial charge in [-0.2, -0.15) is 0 Å². The molecule has 6 nitrogen and oxygen atoms in total. The molecule has 1 atom stereocenters. The van der Waals surface area contributed by atoms with E-state index in [1.54, 1.807) is 0 Å². The molecule has 0 aromatic rings. The lowest BCUT2D eigenvalue weighted by Gasteiger charge is -2.18. The third-order valence-electron chi connectivity index (χ3n) is 13.9. The summed E-state index contributed by atoms with van der Waals surface area (Å²) in [6.45, 7) is 6.72. The maximum atomic E-state index is 12.9. The number of hydrogen-bond acceptors (Lipinski definition) is 6. The van der Waals surface area contributed by atoms with Crippen molar-refractivity contribution in [3.05, 3.63) is 0 Å². The molecule has 0 aromatic carbocycles. The second kappa shape index (κ2) is 56.0. The molecule has 0 saturated heterocycles. The summed E-state index contributed by atoms with van der Waals surface area (Å²) in [6.07, 6.45) is 62.4. The van der Waals surface area contributed by atoms with Gasteiger partial charge in [0.05, 0.1) is 0 Å². The first-order valence-electron chi connectivity index (χ1n) is 30.0. The van der Waals surface area contributed by atoms with Gasteiger partial charge < -0.3 is 14.2 Å². The second-order valence-corrected chi connectivity index (χ2v) is 20.6. The van der Waals surface area contributed by atoms with E-state index in [4.69, 9.17) is 14.2 Å². The Balaban J connectivity index is 4.28. The lowest BCUT2D eigenvalue weighted by molar-refractivity contribution is -0.167. The van der Waals surface area contributed by atoms with Crippen LogP contribution in [-0.2, 0) is 28.6 Å². The van der Waals surface area contributed by atoms with Crippen molar-refractivity contribution in [2.45, 2.75) is 354 Å². The van der Waals surface area contributed by atoms with Crippen LogP contribution >= 0.6 is 0 Å². The highest BCUT2D eigenvalue weighted by Crippen LogP contribution is 2.18. The van der Waals surface area contributed by atoms with E-state index in [9.17, 15) is 14.4 Å². The summed E-state index contributed by atoms with van der Waals surface area (Å²) in [4.78, 5) is 38.2. The molecule has 6 heteroatoms. The van der Waals surface area contributed by atoms with Gasteiger partial charge in [-0.1, -0.05) is 310 Å². The van der Waals surface area contributed by atoms with Gasteiger partial charge in [0.1, 0.15) is 13.2 Å². The Labute approximate surface area is 412 Å². The maximum Gasteiger partial charge on any atom is 0.306 e. The van der Waals surface area contributed by atoms with E-state index in [-0.39, 0.29) is 31.1 Å². The number of unbranched alkanes of at least 4 members (excludes halogenated alkanes) is 45. The summed E-state index contributed by atoms with van der Waals surface area (Å²) >= 11 is 0. The summed E-state index contributed by atoms with van der Waals surface area (Å²) in [5.41, 5.74) is 0. The topological polar surface area (TPSA) is 78.9 Å². The third kappa shape index (κ3) is 53.4. The van der Waals surface area contributed by atoms with Crippen LogP contribution in [0, 0.1) is 0 Å². The fourth-order valence-electron chi connectivity index (χ4n) is 9.33. The molecule has 66 heavy (non-hydrogen) atoms. The first-order chi connectivity index (χ1) is 32.5. The van der Waals surface area contributed by atoms with Crippen molar-refractivity contribution in [2.75, 3.05) is 13.2 Å². The lowest BCUT2D eigenvalue weighted by Crippen LogP contribution is -2.30. The van der Waals surface area contributed by atoms with Crippen LogP contribution in [0.2, 0.25) is 0 Å². The zero-order valence-corrected chi connectivity index (χ0v) is 45.0. The molecule has 0 heterocycles. The molecule has 0 spiro atoms. The standard InChI is InChI=1S/C60H116O6/c1-4-7-10-13-16-19-22-25-28-29-30-31-33-36-39-42-45-48-51-54-60(63)66-57(55-64-58(61)52-49-46-43-40-37-34-27-24-21-18-15-12-9-6-3)56-65-59(62)53-50-47-44-41-38-35-32-26-23-20-17-14-11-8-5-2/h57H,4-56H2,1-3H3/t57-/m0/s1. The number of ether oxygens (including phenoxy) is 3. The van der Waals surface area contributed by atoms with E-state index in [1.807, 2.05) is 0 Å². The van der Waals surface area contributed by atoms with Crippen LogP contribution in [0.25, 0.3) is 0 Å². The summed E-state index contributed by atoms with van der Waals surface area (Å²) in [6, 6.07) is 0. The maximum absolute atomic E-state index is 12.9. The van der Waals surface area contributed by atoms with E-state index >= 15 is 0 Å². The molecular formula is C60H116O6. The summed E-state index contributed by atoms with van der Waals surface area (Å²) in [5, 5.41) is 0. The van der Waals surface area contributed by atoms with Gasteiger partial charge in [0.2, 0.25) is 0 Å². The van der Waals surface area contributed by atoms with E-state index < -0.39 is 6.10 Å². The highest BCUT2D eigenvalue weighted by molar-refractivity contribution is 5.71. The Morgan fingerprint density at radius 2 is 0.409 bits per heavy atom. The first kappa shape index (κ1) is 64.4. The largest absolute Gasteiger partial charge is 0.462 e. The smallest absolute Gasteiger partial charge is 0.306 e. The van der Waals surface area contributed by atoms with E-state index in [2.05, 4.69) is 20.8 Å². The average Bonchev–Trinajstić information content (AvgIpc) is 3.31. The fraction of sp³-hybridized carbons (Fsp3) is 0.950. The molecule has 0 amide bonds. The quantitative estimate of drug-likeness (QED) is 0.0343. The molecular weight excluding hydrogens is 817 g/mol. The number of carbonyl (C=O) groups excluding carboxylic acids is 3. The predicted octanol–water partition coefficient (Wildman–Crippen LogP) is 19.9. The number of esters is 3. The van der Waals surface area contributed by atoms with Gasteiger partial charge in [-0.25, -0.2) is 0 Å². The normalized spacial score (nSPS) is 11.9. The molecule has 0 bridgehead atoms. The van der Waals surface area contributed by atoms with Gasteiger partial charge in [-0.05, 0) is 19.3 Å². The minimum atomic E-state index is -0.761.